The number of nitrogens with zero attached hydrogens (tertiary/aromatic N) is 3. The second-order valence-electron chi connectivity index (χ2n) is 11.1. The summed E-state index contributed by atoms with van der Waals surface area (Å²) >= 11 is 0. The quantitative estimate of drug-likeness (QED) is 0.245. The Bertz CT molecular complexity index is 1160. The summed E-state index contributed by atoms with van der Waals surface area (Å²) in [6.45, 7) is 3.29. The van der Waals surface area contributed by atoms with E-state index in [0.29, 0.717) is 12.1 Å². The summed E-state index contributed by atoms with van der Waals surface area (Å²) in [6.07, 6.45) is 1.09. The van der Waals surface area contributed by atoms with E-state index in [4.69, 9.17) is 4.74 Å². The average molecular weight is 548 g/mol. The van der Waals surface area contributed by atoms with Crippen molar-refractivity contribution in [1.29, 1.82) is 5.26 Å². The first-order valence-corrected chi connectivity index (χ1v) is 12.9. The second kappa shape index (κ2) is 11.2. The summed E-state index contributed by atoms with van der Waals surface area (Å²) in [5.41, 5.74) is -0.534. The van der Waals surface area contributed by atoms with Gasteiger partial charge < -0.3 is 25.0 Å². The van der Waals surface area contributed by atoms with Crippen molar-refractivity contribution in [3.63, 3.8) is 0 Å². The minimum atomic E-state index is -2.81. The Hall–Kier alpha value is -3.08. The lowest BCUT2D eigenvalue weighted by Gasteiger charge is -2.33. The maximum absolute atomic E-state index is 13.8. The molecular formula is C26H32BF3N4O5. The molecule has 3 fully saturated rings. The maximum Gasteiger partial charge on any atom is 0.475 e. The molecule has 39 heavy (non-hydrogen) atoms. The molecule has 9 nitrogen and oxygen atoms in total. The summed E-state index contributed by atoms with van der Waals surface area (Å²) in [4.78, 5) is 28.9. The number of halogens is 3. The molecule has 0 radical (unpaired) electrons. The first kappa shape index (κ1) is 28.9. The number of likely N-dealkylation sites (tertiary alicyclic amines) is 2. The Labute approximate surface area is 225 Å². The van der Waals surface area contributed by atoms with Crippen LogP contribution in [0.25, 0.3) is 0 Å². The van der Waals surface area contributed by atoms with Gasteiger partial charge in [0.2, 0.25) is 0 Å². The molecule has 0 bridgehead atoms. The molecule has 0 aromatic heterocycles. The molecule has 1 saturated carbocycles. The number of fused-ring (bicyclic) bond motifs is 1. The number of ether oxygens (including phenoxy) is 1. The number of rotatable bonds is 9. The van der Waals surface area contributed by atoms with Gasteiger partial charge in [0, 0.05) is 25.0 Å². The van der Waals surface area contributed by atoms with Crippen molar-refractivity contribution in [2.24, 2.45) is 11.8 Å². The number of amides is 2. The molecule has 210 valence electrons. The normalized spacial score (nSPS) is 25.0. The lowest BCUT2D eigenvalue weighted by atomic mass is 9.76. The van der Waals surface area contributed by atoms with Crippen LogP contribution in [-0.4, -0.2) is 88.7 Å². The molecule has 0 spiro atoms. The van der Waals surface area contributed by atoms with Gasteiger partial charge in [0.05, 0.1) is 18.5 Å². The van der Waals surface area contributed by atoms with E-state index in [1.54, 1.807) is 18.7 Å². The number of benzene rings is 1. The Morgan fingerprint density at radius 2 is 2.03 bits per heavy atom. The minimum absolute atomic E-state index is 0.0147. The molecule has 2 aliphatic heterocycles. The highest BCUT2D eigenvalue weighted by Gasteiger charge is 2.55. The van der Waals surface area contributed by atoms with Gasteiger partial charge in [-0.15, -0.1) is 0 Å². The van der Waals surface area contributed by atoms with Gasteiger partial charge in [-0.1, -0.05) is 12.1 Å². The SMILES string of the molecule is CC(C)(C=C(C#N)C(=O)N1C[C@@H]2C[C@@H]2[C@@H]1COC(=O)NC(Cc1ccc(F)cc1)B(O)O)N1CCC(F)(F)C1. The Kier molecular flexibility index (Phi) is 8.30. The van der Waals surface area contributed by atoms with E-state index in [-0.39, 0.29) is 43.4 Å². The zero-order chi connectivity index (χ0) is 28.5. The smallest absolute Gasteiger partial charge is 0.447 e. The predicted molar refractivity (Wildman–Crippen MR) is 135 cm³/mol. The molecule has 3 aliphatic rings. The molecule has 1 aliphatic carbocycles. The summed E-state index contributed by atoms with van der Waals surface area (Å²) in [7, 11) is -1.90. The van der Waals surface area contributed by atoms with Crippen LogP contribution in [0.3, 0.4) is 0 Å². The van der Waals surface area contributed by atoms with Gasteiger partial charge in [0.1, 0.15) is 24.1 Å². The third kappa shape index (κ3) is 6.93. The lowest BCUT2D eigenvalue weighted by Crippen LogP contribution is -2.49. The summed E-state index contributed by atoms with van der Waals surface area (Å²) in [6, 6.07) is 6.81. The van der Waals surface area contributed by atoms with E-state index in [1.807, 2.05) is 6.07 Å². The number of nitriles is 1. The van der Waals surface area contributed by atoms with E-state index >= 15 is 0 Å². The van der Waals surface area contributed by atoms with E-state index < -0.39 is 54.9 Å². The van der Waals surface area contributed by atoms with Gasteiger partial charge in [-0.05, 0) is 62.3 Å². The van der Waals surface area contributed by atoms with Gasteiger partial charge in [-0.3, -0.25) is 9.69 Å². The van der Waals surface area contributed by atoms with Crippen LogP contribution in [0, 0.1) is 29.0 Å². The fourth-order valence-corrected chi connectivity index (χ4v) is 5.45. The van der Waals surface area contributed by atoms with Crippen LogP contribution in [-0.2, 0) is 16.0 Å². The van der Waals surface area contributed by atoms with Crippen molar-refractivity contribution in [2.75, 3.05) is 26.2 Å². The zero-order valence-electron chi connectivity index (χ0n) is 21.8. The first-order chi connectivity index (χ1) is 18.3. The van der Waals surface area contributed by atoms with E-state index in [9.17, 15) is 38.1 Å². The Balaban J connectivity index is 1.37. The topological polar surface area (TPSA) is 126 Å². The molecule has 1 aromatic carbocycles. The molecule has 4 rings (SSSR count). The zero-order valence-corrected chi connectivity index (χ0v) is 21.8. The second-order valence-corrected chi connectivity index (χ2v) is 11.1. The van der Waals surface area contributed by atoms with E-state index in [2.05, 4.69) is 5.32 Å². The van der Waals surface area contributed by atoms with Crippen molar-refractivity contribution in [3.8, 4) is 6.07 Å². The molecule has 2 heterocycles. The van der Waals surface area contributed by atoms with Crippen molar-refractivity contribution < 1.29 is 37.5 Å². The summed E-state index contributed by atoms with van der Waals surface area (Å²) < 4.78 is 46.0. The molecule has 13 heteroatoms. The fourth-order valence-electron chi connectivity index (χ4n) is 5.45. The number of alkyl carbamates (subject to hydrolysis) is 1. The average Bonchev–Trinajstić information content (AvgIpc) is 3.39. The maximum atomic E-state index is 13.8. The van der Waals surface area contributed by atoms with Crippen molar-refractivity contribution in [2.45, 2.75) is 56.6 Å². The fraction of sp³-hybridized carbons (Fsp3) is 0.577. The third-order valence-electron chi connectivity index (χ3n) is 7.81. The molecular weight excluding hydrogens is 516 g/mol. The predicted octanol–water partition coefficient (Wildman–Crippen LogP) is 1.89. The molecule has 2 saturated heterocycles. The highest BCUT2D eigenvalue weighted by molar-refractivity contribution is 6.43. The van der Waals surface area contributed by atoms with E-state index in [1.165, 1.54) is 35.2 Å². The Morgan fingerprint density at radius 3 is 2.62 bits per heavy atom. The van der Waals surface area contributed by atoms with Gasteiger partial charge in [-0.25, -0.2) is 18.0 Å². The monoisotopic (exact) mass is 548 g/mol. The van der Waals surface area contributed by atoms with Crippen LogP contribution in [0.15, 0.2) is 35.9 Å². The van der Waals surface area contributed by atoms with Crippen LogP contribution in [0.4, 0.5) is 18.0 Å². The van der Waals surface area contributed by atoms with Gasteiger partial charge in [-0.2, -0.15) is 5.26 Å². The summed E-state index contributed by atoms with van der Waals surface area (Å²) in [5, 5.41) is 31.5. The van der Waals surface area contributed by atoms with E-state index in [0.717, 1.165) is 6.42 Å². The molecule has 3 N–H and O–H groups in total. The standard InChI is InChI=1S/C26H32BF3N4O5/c1-25(2,33-8-7-26(29,30)15-33)11-18(12-31)23(35)34-13-17-10-20(17)21(34)14-39-24(36)32-22(27(37)38)9-16-3-5-19(28)6-4-16/h3-6,11,17,20-22,37-38H,7-10,13-15H2,1-2H3,(H,32,36)/t17-,20-,21-,22?/m0/s1. The van der Waals surface area contributed by atoms with Crippen LogP contribution in [0.2, 0.25) is 0 Å². The van der Waals surface area contributed by atoms with Crippen LogP contribution >= 0.6 is 0 Å². The lowest BCUT2D eigenvalue weighted by molar-refractivity contribution is -0.129. The molecule has 2 amide bonds. The van der Waals surface area contributed by atoms with Crippen molar-refractivity contribution >= 4 is 19.1 Å². The minimum Gasteiger partial charge on any atom is -0.447 e. The number of hydrogen-bond donors (Lipinski definition) is 3. The largest absolute Gasteiger partial charge is 0.475 e. The van der Waals surface area contributed by atoms with Gasteiger partial charge >= 0.3 is 13.2 Å². The highest BCUT2D eigenvalue weighted by atomic mass is 19.3. The number of piperidine rings is 1. The number of carbonyl (C=O) groups excluding carboxylic acids is 2. The summed E-state index contributed by atoms with van der Waals surface area (Å²) in [5.74, 6) is -4.60. The Morgan fingerprint density at radius 1 is 1.33 bits per heavy atom. The third-order valence-corrected chi connectivity index (χ3v) is 7.81. The highest BCUT2D eigenvalue weighted by Crippen LogP contribution is 2.50. The van der Waals surface area contributed by atoms with Gasteiger partial charge in [0.15, 0.2) is 0 Å². The van der Waals surface area contributed by atoms with Crippen LogP contribution in [0.1, 0.15) is 32.3 Å². The number of nitrogens with one attached hydrogen (secondary N) is 1. The molecule has 4 atom stereocenters. The molecule has 1 aromatic rings. The van der Waals surface area contributed by atoms with Crippen LogP contribution < -0.4 is 5.32 Å². The van der Waals surface area contributed by atoms with Crippen molar-refractivity contribution in [1.82, 2.24) is 15.1 Å². The number of carbonyl (C=O) groups is 2. The van der Waals surface area contributed by atoms with Gasteiger partial charge in [0.25, 0.3) is 11.8 Å². The van der Waals surface area contributed by atoms with Crippen molar-refractivity contribution in [3.05, 3.63) is 47.3 Å². The molecule has 1 unspecified atom stereocenters. The van der Waals surface area contributed by atoms with Crippen LogP contribution in [0.5, 0.6) is 0 Å². The number of alkyl halides is 2. The number of hydrogen-bond acceptors (Lipinski definition) is 7. The first-order valence-electron chi connectivity index (χ1n) is 12.9.